The van der Waals surface area contributed by atoms with Crippen molar-refractivity contribution in [2.75, 3.05) is 0 Å². The van der Waals surface area contributed by atoms with Crippen molar-refractivity contribution in [2.45, 2.75) is 0 Å². The fraction of sp³-hybridized carbons (Fsp3) is 0. The molecule has 0 aromatic heterocycles. The van der Waals surface area contributed by atoms with E-state index in [1.165, 1.54) is 0 Å². The number of nitrogens with zero attached hydrogens (tertiary/aromatic N) is 2. The van der Waals surface area contributed by atoms with Gasteiger partial charge in [-0.1, -0.05) is 24.3 Å². The summed E-state index contributed by atoms with van der Waals surface area (Å²) in [5.74, 6) is 0. The lowest BCUT2D eigenvalue weighted by molar-refractivity contribution is 0.426. The lowest BCUT2D eigenvalue weighted by Gasteiger charge is -1.99. The van der Waals surface area contributed by atoms with Crippen LogP contribution in [0.1, 0.15) is 11.1 Å². The van der Waals surface area contributed by atoms with E-state index in [0.29, 0.717) is 11.0 Å². The minimum atomic E-state index is -1.45. The van der Waals surface area contributed by atoms with Crippen molar-refractivity contribution in [1.29, 1.82) is 5.26 Å². The van der Waals surface area contributed by atoms with E-state index in [1.54, 1.807) is 54.7 Å². The van der Waals surface area contributed by atoms with E-state index >= 15 is 0 Å². The second-order valence-electron chi connectivity index (χ2n) is 3.96. The Bertz CT molecular complexity index is 613. The lowest BCUT2D eigenvalue weighted by Crippen LogP contribution is -2.29. The fourth-order valence-corrected chi connectivity index (χ4v) is 1.53. The predicted octanol–water partition coefficient (Wildman–Crippen LogP) is 0.989. The summed E-state index contributed by atoms with van der Waals surface area (Å²) in [7, 11) is -1.45. The first kappa shape index (κ1) is 13.0. The maximum atomic E-state index is 8.97. The number of nitriles is 1. The summed E-state index contributed by atoms with van der Waals surface area (Å²) in [5.41, 5.74) is 2.65. The first-order valence-electron chi connectivity index (χ1n) is 5.69. The molecule has 19 heavy (non-hydrogen) atoms. The zero-order valence-electron chi connectivity index (χ0n) is 10.1. The molecule has 0 bridgehead atoms. The molecule has 2 aromatic rings. The second-order valence-corrected chi connectivity index (χ2v) is 3.96. The van der Waals surface area contributed by atoms with Gasteiger partial charge >= 0.3 is 7.12 Å². The largest absolute Gasteiger partial charge is 0.488 e. The molecule has 0 spiro atoms. The van der Waals surface area contributed by atoms with Gasteiger partial charge in [0.25, 0.3) is 0 Å². The minimum Gasteiger partial charge on any atom is -0.423 e. The van der Waals surface area contributed by atoms with Crippen LogP contribution in [0.25, 0.3) is 0 Å². The lowest BCUT2D eigenvalue weighted by atomic mass is 9.80. The first-order chi connectivity index (χ1) is 9.19. The molecule has 0 aliphatic carbocycles. The quantitative estimate of drug-likeness (QED) is 0.629. The van der Waals surface area contributed by atoms with Gasteiger partial charge in [-0.15, -0.1) is 0 Å². The van der Waals surface area contributed by atoms with Gasteiger partial charge in [-0.2, -0.15) is 5.26 Å². The van der Waals surface area contributed by atoms with Crippen LogP contribution in [0.5, 0.6) is 0 Å². The van der Waals surface area contributed by atoms with Crippen LogP contribution in [0.4, 0.5) is 5.69 Å². The average molecular weight is 250 g/mol. The molecule has 0 fully saturated rings. The maximum Gasteiger partial charge on any atom is 0.488 e. The highest BCUT2D eigenvalue weighted by molar-refractivity contribution is 6.58. The highest BCUT2D eigenvalue weighted by Crippen LogP contribution is 2.12. The Morgan fingerprint density at radius 2 is 1.63 bits per heavy atom. The summed E-state index contributed by atoms with van der Waals surface area (Å²) < 4.78 is 0. The molecule has 92 valence electrons. The third-order valence-electron chi connectivity index (χ3n) is 2.59. The van der Waals surface area contributed by atoms with Crippen LogP contribution in [0.3, 0.4) is 0 Å². The van der Waals surface area contributed by atoms with Crippen molar-refractivity contribution < 1.29 is 10.0 Å². The molecule has 0 atom stereocenters. The van der Waals surface area contributed by atoms with Gasteiger partial charge in [-0.05, 0) is 35.3 Å². The predicted molar refractivity (Wildman–Crippen MR) is 74.7 cm³/mol. The van der Waals surface area contributed by atoms with Crippen LogP contribution in [-0.2, 0) is 0 Å². The highest BCUT2D eigenvalue weighted by atomic mass is 16.4. The van der Waals surface area contributed by atoms with Crippen LogP contribution in [0.2, 0.25) is 0 Å². The smallest absolute Gasteiger partial charge is 0.423 e. The van der Waals surface area contributed by atoms with Crippen molar-refractivity contribution in [2.24, 2.45) is 4.99 Å². The van der Waals surface area contributed by atoms with E-state index in [4.69, 9.17) is 15.3 Å². The van der Waals surface area contributed by atoms with Gasteiger partial charge in [0, 0.05) is 6.21 Å². The average Bonchev–Trinajstić information content (AvgIpc) is 2.46. The molecular weight excluding hydrogens is 239 g/mol. The maximum absolute atomic E-state index is 8.97. The standard InChI is InChI=1S/C14H11BN2O2/c16-9-11-3-7-14(8-4-11)17-10-12-1-5-13(6-2-12)15(18)19/h1-8,10,18-19H/b17-10+. The Hall–Kier alpha value is -2.42. The zero-order chi connectivity index (χ0) is 13.7. The van der Waals surface area contributed by atoms with Gasteiger partial charge in [0.2, 0.25) is 0 Å². The number of rotatable bonds is 3. The number of aliphatic imine (C=N–C) groups is 1. The Morgan fingerprint density at radius 1 is 1.00 bits per heavy atom. The Labute approximate surface area is 111 Å². The highest BCUT2D eigenvalue weighted by Gasteiger charge is 2.08. The van der Waals surface area contributed by atoms with E-state index in [9.17, 15) is 0 Å². The van der Waals surface area contributed by atoms with Gasteiger partial charge in [0.05, 0.1) is 17.3 Å². The number of benzene rings is 2. The van der Waals surface area contributed by atoms with E-state index in [1.807, 2.05) is 6.07 Å². The zero-order valence-corrected chi connectivity index (χ0v) is 10.1. The molecule has 0 radical (unpaired) electrons. The van der Waals surface area contributed by atoms with E-state index in [-0.39, 0.29) is 0 Å². The molecule has 0 saturated heterocycles. The van der Waals surface area contributed by atoms with E-state index < -0.39 is 7.12 Å². The normalized spacial score (nSPS) is 10.4. The van der Waals surface area contributed by atoms with Gasteiger partial charge in [-0.3, -0.25) is 4.99 Å². The third kappa shape index (κ3) is 3.52. The van der Waals surface area contributed by atoms with Crippen LogP contribution in [0, 0.1) is 11.3 Å². The summed E-state index contributed by atoms with van der Waals surface area (Å²) in [5, 5.41) is 26.6. The number of hydrogen-bond acceptors (Lipinski definition) is 4. The summed E-state index contributed by atoms with van der Waals surface area (Å²) in [6, 6.07) is 15.8. The molecule has 2 rings (SSSR count). The Kier molecular flexibility index (Phi) is 4.09. The molecule has 0 unspecified atom stereocenters. The minimum absolute atomic E-state index is 0.440. The molecule has 0 saturated carbocycles. The Morgan fingerprint density at radius 3 is 2.16 bits per heavy atom. The van der Waals surface area contributed by atoms with E-state index in [0.717, 1.165) is 11.3 Å². The summed E-state index contributed by atoms with van der Waals surface area (Å²) in [6.07, 6.45) is 1.68. The Balaban J connectivity index is 2.11. The van der Waals surface area contributed by atoms with Crippen molar-refractivity contribution >= 4 is 24.5 Å². The van der Waals surface area contributed by atoms with Gasteiger partial charge in [0.15, 0.2) is 0 Å². The summed E-state index contributed by atoms with van der Waals surface area (Å²) >= 11 is 0. The van der Waals surface area contributed by atoms with Crippen molar-refractivity contribution in [1.82, 2.24) is 0 Å². The molecule has 5 heteroatoms. The molecule has 0 aliphatic rings. The molecule has 0 heterocycles. The van der Waals surface area contributed by atoms with Crippen molar-refractivity contribution in [3.8, 4) is 6.07 Å². The monoisotopic (exact) mass is 250 g/mol. The van der Waals surface area contributed by atoms with Crippen molar-refractivity contribution in [3.63, 3.8) is 0 Å². The fourth-order valence-electron chi connectivity index (χ4n) is 1.53. The first-order valence-corrected chi connectivity index (χ1v) is 5.69. The molecule has 2 N–H and O–H groups in total. The summed E-state index contributed by atoms with van der Waals surface area (Å²) in [4.78, 5) is 4.27. The van der Waals surface area contributed by atoms with Crippen LogP contribution in [-0.4, -0.2) is 23.4 Å². The topological polar surface area (TPSA) is 76.6 Å². The van der Waals surface area contributed by atoms with Gasteiger partial charge in [0.1, 0.15) is 0 Å². The van der Waals surface area contributed by atoms with Crippen LogP contribution >= 0.6 is 0 Å². The molecular formula is C14H11BN2O2. The van der Waals surface area contributed by atoms with E-state index in [2.05, 4.69) is 4.99 Å². The van der Waals surface area contributed by atoms with Crippen LogP contribution in [0.15, 0.2) is 53.5 Å². The second kappa shape index (κ2) is 5.96. The molecule has 2 aromatic carbocycles. The van der Waals surface area contributed by atoms with Gasteiger partial charge in [-0.25, -0.2) is 0 Å². The summed E-state index contributed by atoms with van der Waals surface area (Å²) in [6.45, 7) is 0. The molecule has 0 aliphatic heterocycles. The van der Waals surface area contributed by atoms with Crippen molar-refractivity contribution in [3.05, 3.63) is 59.7 Å². The third-order valence-corrected chi connectivity index (χ3v) is 2.59. The van der Waals surface area contributed by atoms with Gasteiger partial charge < -0.3 is 10.0 Å². The SMILES string of the molecule is N#Cc1ccc(/N=C/c2ccc(B(O)O)cc2)cc1. The van der Waals surface area contributed by atoms with Crippen LogP contribution < -0.4 is 5.46 Å². The molecule has 0 amide bonds. The molecule has 4 nitrogen and oxygen atoms in total. The number of hydrogen-bond donors (Lipinski definition) is 2.